The number of nitrogens with two attached hydrogens (primary N) is 1. The highest BCUT2D eigenvalue weighted by Crippen LogP contribution is 2.32. The molecule has 2 heterocycles. The highest BCUT2D eigenvalue weighted by molar-refractivity contribution is 7.18. The van der Waals surface area contributed by atoms with E-state index in [4.69, 9.17) is 5.73 Å². The van der Waals surface area contributed by atoms with Crippen LogP contribution < -0.4 is 11.1 Å². The number of hydrogen-bond donors (Lipinski definition) is 3. The second-order valence-corrected chi connectivity index (χ2v) is 8.42. The largest absolute Gasteiger partial charge is 0.359 e. The van der Waals surface area contributed by atoms with Gasteiger partial charge in [0.15, 0.2) is 0 Å². The molecular weight excluding hydrogens is 404 g/mol. The highest BCUT2D eigenvalue weighted by atomic mass is 32.1. The summed E-state index contributed by atoms with van der Waals surface area (Å²) in [6.07, 6.45) is 0.818. The molecule has 5 aromatic rings. The van der Waals surface area contributed by atoms with Crippen LogP contribution in [0.15, 0.2) is 78.9 Å². The predicted octanol–water partition coefficient (Wildman–Crippen LogP) is 4.73. The van der Waals surface area contributed by atoms with E-state index in [1.807, 2.05) is 48.5 Å². The number of anilines is 1. The Hall–Kier alpha value is -3.55. The quantitative estimate of drug-likeness (QED) is 0.350. The molecule has 6 nitrogen and oxygen atoms in total. The van der Waals surface area contributed by atoms with Crippen molar-refractivity contribution in [2.24, 2.45) is 5.73 Å². The van der Waals surface area contributed by atoms with Crippen LogP contribution in [0.2, 0.25) is 0 Å². The molecular formula is C24H22N6S. The number of benzene rings is 3. The monoisotopic (exact) mass is 426 g/mol. The van der Waals surface area contributed by atoms with Gasteiger partial charge in [-0.15, -0.1) is 10.2 Å². The SMILES string of the molecule is N[C@@H](CNc1nnc(-c2ccc3[nH]nc(-c4ccccc4)c3c2)s1)Cc1ccccc1. The molecule has 0 aliphatic heterocycles. The fourth-order valence-corrected chi connectivity index (χ4v) is 4.33. The first-order valence-corrected chi connectivity index (χ1v) is 11.0. The first-order valence-electron chi connectivity index (χ1n) is 10.2. The van der Waals surface area contributed by atoms with Crippen molar-refractivity contribution in [2.75, 3.05) is 11.9 Å². The number of rotatable bonds is 7. The Kier molecular flexibility index (Phi) is 5.43. The maximum Gasteiger partial charge on any atom is 0.206 e. The zero-order chi connectivity index (χ0) is 21.0. The van der Waals surface area contributed by atoms with E-state index in [1.54, 1.807) is 0 Å². The second-order valence-electron chi connectivity index (χ2n) is 7.44. The number of fused-ring (bicyclic) bond motifs is 1. The number of hydrogen-bond acceptors (Lipinski definition) is 6. The molecule has 31 heavy (non-hydrogen) atoms. The lowest BCUT2D eigenvalue weighted by Crippen LogP contribution is -2.31. The van der Waals surface area contributed by atoms with Crippen LogP contribution in [-0.4, -0.2) is 33.0 Å². The Labute approximate surface area is 184 Å². The molecule has 2 aromatic heterocycles. The molecule has 0 aliphatic rings. The topological polar surface area (TPSA) is 92.5 Å². The molecule has 0 saturated carbocycles. The van der Waals surface area contributed by atoms with Crippen LogP contribution >= 0.6 is 11.3 Å². The normalized spacial score (nSPS) is 12.2. The molecule has 0 spiro atoms. The van der Waals surface area contributed by atoms with E-state index in [1.165, 1.54) is 16.9 Å². The van der Waals surface area contributed by atoms with E-state index in [-0.39, 0.29) is 6.04 Å². The second kappa shape index (κ2) is 8.67. The number of aromatic nitrogens is 4. The fraction of sp³-hybridized carbons (Fsp3) is 0.125. The van der Waals surface area contributed by atoms with Crippen LogP contribution in [0.5, 0.6) is 0 Å². The molecule has 4 N–H and O–H groups in total. The smallest absolute Gasteiger partial charge is 0.206 e. The number of aromatic amines is 1. The van der Waals surface area contributed by atoms with Gasteiger partial charge in [0.25, 0.3) is 0 Å². The van der Waals surface area contributed by atoms with Gasteiger partial charge < -0.3 is 11.1 Å². The number of nitrogens with one attached hydrogen (secondary N) is 2. The maximum atomic E-state index is 6.28. The van der Waals surface area contributed by atoms with E-state index in [2.05, 4.69) is 56.0 Å². The summed E-state index contributed by atoms with van der Waals surface area (Å²) >= 11 is 1.53. The van der Waals surface area contributed by atoms with Crippen molar-refractivity contribution in [3.8, 4) is 21.8 Å². The minimum Gasteiger partial charge on any atom is -0.359 e. The molecule has 0 radical (unpaired) electrons. The average Bonchev–Trinajstić information content (AvgIpc) is 3.46. The molecule has 5 rings (SSSR count). The van der Waals surface area contributed by atoms with Gasteiger partial charge in [-0.3, -0.25) is 5.10 Å². The molecule has 0 unspecified atom stereocenters. The van der Waals surface area contributed by atoms with Crippen LogP contribution in [0.3, 0.4) is 0 Å². The lowest BCUT2D eigenvalue weighted by molar-refractivity contribution is 0.698. The Morgan fingerprint density at radius 2 is 1.68 bits per heavy atom. The maximum absolute atomic E-state index is 6.28. The van der Waals surface area contributed by atoms with E-state index in [9.17, 15) is 0 Å². The summed E-state index contributed by atoms with van der Waals surface area (Å²) in [4.78, 5) is 0. The van der Waals surface area contributed by atoms with Crippen LogP contribution in [0.1, 0.15) is 5.56 Å². The number of nitrogens with zero attached hydrogens (tertiary/aromatic N) is 3. The summed E-state index contributed by atoms with van der Waals surface area (Å²) < 4.78 is 0. The first kappa shape index (κ1) is 19.4. The van der Waals surface area contributed by atoms with Crippen LogP contribution in [0, 0.1) is 0 Å². The molecule has 0 aliphatic carbocycles. The zero-order valence-corrected chi connectivity index (χ0v) is 17.6. The summed E-state index contributed by atoms with van der Waals surface area (Å²) in [5.74, 6) is 0. The van der Waals surface area contributed by atoms with E-state index >= 15 is 0 Å². The molecule has 0 saturated heterocycles. The summed E-state index contributed by atoms with van der Waals surface area (Å²) in [6.45, 7) is 0.641. The third kappa shape index (κ3) is 4.33. The van der Waals surface area contributed by atoms with Gasteiger partial charge in [-0.25, -0.2) is 0 Å². The Balaban J connectivity index is 1.31. The summed E-state index contributed by atoms with van der Waals surface area (Å²) in [7, 11) is 0. The van der Waals surface area contributed by atoms with Crippen LogP contribution in [0.4, 0.5) is 5.13 Å². The predicted molar refractivity (Wildman–Crippen MR) is 127 cm³/mol. The molecule has 7 heteroatoms. The van der Waals surface area contributed by atoms with Crippen LogP contribution in [0.25, 0.3) is 32.7 Å². The lowest BCUT2D eigenvalue weighted by Gasteiger charge is -2.11. The van der Waals surface area contributed by atoms with Gasteiger partial charge >= 0.3 is 0 Å². The van der Waals surface area contributed by atoms with E-state index < -0.39 is 0 Å². The van der Waals surface area contributed by atoms with Crippen molar-refractivity contribution in [3.63, 3.8) is 0 Å². The Morgan fingerprint density at radius 1 is 0.903 bits per heavy atom. The highest BCUT2D eigenvalue weighted by Gasteiger charge is 2.13. The van der Waals surface area contributed by atoms with Gasteiger partial charge in [-0.2, -0.15) is 5.10 Å². The minimum atomic E-state index is 0.00506. The van der Waals surface area contributed by atoms with Gasteiger partial charge in [0, 0.05) is 29.1 Å². The lowest BCUT2D eigenvalue weighted by atomic mass is 10.1. The van der Waals surface area contributed by atoms with Crippen molar-refractivity contribution in [2.45, 2.75) is 12.5 Å². The van der Waals surface area contributed by atoms with Crippen molar-refractivity contribution in [1.29, 1.82) is 0 Å². The summed E-state index contributed by atoms with van der Waals surface area (Å²) in [5.41, 5.74) is 11.5. The molecule has 0 bridgehead atoms. The van der Waals surface area contributed by atoms with Crippen molar-refractivity contribution >= 4 is 27.4 Å². The van der Waals surface area contributed by atoms with Crippen molar-refractivity contribution in [1.82, 2.24) is 20.4 Å². The molecule has 3 aromatic carbocycles. The Morgan fingerprint density at radius 3 is 2.48 bits per heavy atom. The third-order valence-corrected chi connectivity index (χ3v) is 6.07. The van der Waals surface area contributed by atoms with Gasteiger partial charge in [0.2, 0.25) is 5.13 Å². The molecule has 0 amide bonds. The van der Waals surface area contributed by atoms with Gasteiger partial charge in [-0.1, -0.05) is 72.0 Å². The Bertz CT molecular complexity index is 1280. The van der Waals surface area contributed by atoms with Gasteiger partial charge in [0.1, 0.15) is 5.01 Å². The zero-order valence-electron chi connectivity index (χ0n) is 16.8. The van der Waals surface area contributed by atoms with E-state index in [0.29, 0.717) is 6.54 Å². The minimum absolute atomic E-state index is 0.00506. The van der Waals surface area contributed by atoms with E-state index in [0.717, 1.165) is 44.3 Å². The summed E-state index contributed by atoms with van der Waals surface area (Å²) in [6, 6.07) is 26.6. The van der Waals surface area contributed by atoms with Gasteiger partial charge in [-0.05, 0) is 30.2 Å². The average molecular weight is 427 g/mol. The first-order chi connectivity index (χ1) is 15.3. The standard InChI is InChI=1S/C24H22N6S/c25-19(13-16-7-3-1-4-8-16)15-26-24-30-29-23(31-24)18-11-12-21-20(14-18)22(28-27-21)17-9-5-2-6-10-17/h1-12,14,19H,13,15,25H2,(H,26,30)(H,27,28)/t19-/m1/s1. The van der Waals surface area contributed by atoms with Crippen molar-refractivity contribution in [3.05, 3.63) is 84.4 Å². The molecule has 1 atom stereocenters. The fourth-order valence-electron chi connectivity index (χ4n) is 3.58. The van der Waals surface area contributed by atoms with Crippen molar-refractivity contribution < 1.29 is 0 Å². The van der Waals surface area contributed by atoms with Gasteiger partial charge in [0.05, 0.1) is 11.2 Å². The van der Waals surface area contributed by atoms with Crippen LogP contribution in [-0.2, 0) is 6.42 Å². The molecule has 0 fully saturated rings. The third-order valence-electron chi connectivity index (χ3n) is 5.14. The number of H-pyrrole nitrogens is 1. The summed E-state index contributed by atoms with van der Waals surface area (Å²) in [5, 5.41) is 22.3. The molecule has 154 valence electrons.